The van der Waals surface area contributed by atoms with Crippen molar-refractivity contribution >= 4 is 43.9 Å². The second-order valence-corrected chi connectivity index (χ2v) is 9.65. The monoisotopic (exact) mass is 531 g/mol. The van der Waals surface area contributed by atoms with Gasteiger partial charge < -0.3 is 10.3 Å². The van der Waals surface area contributed by atoms with Crippen molar-refractivity contribution in [1.82, 2.24) is 25.3 Å². The lowest BCUT2D eigenvalue weighted by Crippen LogP contribution is -2.28. The molecule has 1 amide bonds. The van der Waals surface area contributed by atoms with E-state index in [4.69, 9.17) is 0 Å². The summed E-state index contributed by atoms with van der Waals surface area (Å²) in [6, 6.07) is 24.6. The topological polar surface area (TPSA) is 83.6 Å². The Morgan fingerprint density at radius 2 is 1.67 bits per heavy atom. The van der Waals surface area contributed by atoms with Crippen molar-refractivity contribution in [2.24, 2.45) is 0 Å². The average molecular weight is 532 g/mol. The van der Waals surface area contributed by atoms with E-state index in [2.05, 4.69) is 83.6 Å². The smallest absolute Gasteiger partial charge is 0.255 e. The molecule has 0 saturated carbocycles. The molecule has 7 heteroatoms. The van der Waals surface area contributed by atoms with Gasteiger partial charge in [-0.15, -0.1) is 0 Å². The molecule has 1 aliphatic rings. The van der Waals surface area contributed by atoms with Gasteiger partial charge >= 0.3 is 0 Å². The van der Waals surface area contributed by atoms with Gasteiger partial charge in [-0.05, 0) is 61.9 Å². The van der Waals surface area contributed by atoms with Crippen molar-refractivity contribution < 1.29 is 4.79 Å². The first kappa shape index (κ1) is 21.0. The fraction of sp³-hybridized carbons (Fsp3) is 0.0345. The Morgan fingerprint density at radius 1 is 0.833 bits per heavy atom. The predicted molar refractivity (Wildman–Crippen MR) is 144 cm³/mol. The highest BCUT2D eigenvalue weighted by molar-refractivity contribution is 9.10. The van der Waals surface area contributed by atoms with E-state index in [0.717, 1.165) is 44.3 Å². The third kappa shape index (κ3) is 3.24. The van der Waals surface area contributed by atoms with Crippen LogP contribution in [0.5, 0.6) is 0 Å². The number of imidazole rings is 1. The number of amides is 1. The van der Waals surface area contributed by atoms with E-state index < -0.39 is 0 Å². The van der Waals surface area contributed by atoms with Crippen LogP contribution in [-0.4, -0.2) is 25.8 Å². The number of benzene rings is 3. The van der Waals surface area contributed by atoms with Crippen molar-refractivity contribution in [3.8, 4) is 22.3 Å². The zero-order valence-electron chi connectivity index (χ0n) is 18.9. The third-order valence-electron chi connectivity index (χ3n) is 6.76. The number of rotatable bonds is 3. The number of halogens is 1. The predicted octanol–water partition coefficient (Wildman–Crippen LogP) is 6.44. The number of aromatic nitrogens is 4. The largest absolute Gasteiger partial charge is 0.343 e. The summed E-state index contributed by atoms with van der Waals surface area (Å²) in [6.07, 6.45) is 5.07. The molecule has 6 aromatic rings. The first-order valence-electron chi connectivity index (χ1n) is 11.5. The Kier molecular flexibility index (Phi) is 4.72. The molecule has 172 valence electrons. The van der Waals surface area contributed by atoms with Crippen molar-refractivity contribution in [2.75, 3.05) is 0 Å². The highest BCUT2D eigenvalue weighted by atomic mass is 79.9. The summed E-state index contributed by atoms with van der Waals surface area (Å²) in [5.41, 5.74) is 9.08. The minimum absolute atomic E-state index is 0.200. The number of para-hydroxylation sites is 1. The molecule has 36 heavy (non-hydrogen) atoms. The van der Waals surface area contributed by atoms with Crippen LogP contribution >= 0.6 is 15.9 Å². The number of H-pyrrole nitrogens is 1. The summed E-state index contributed by atoms with van der Waals surface area (Å²) in [5.74, 6) is -0.200. The van der Waals surface area contributed by atoms with E-state index in [-0.39, 0.29) is 11.9 Å². The quantitative estimate of drug-likeness (QED) is 0.275. The van der Waals surface area contributed by atoms with E-state index in [9.17, 15) is 4.79 Å². The van der Waals surface area contributed by atoms with Gasteiger partial charge in [-0.3, -0.25) is 9.78 Å². The van der Waals surface area contributed by atoms with Crippen LogP contribution in [0.3, 0.4) is 0 Å². The summed E-state index contributed by atoms with van der Waals surface area (Å²) >= 11 is 3.49. The van der Waals surface area contributed by atoms with Gasteiger partial charge in [0.25, 0.3) is 5.91 Å². The molecule has 6 nitrogen and oxygen atoms in total. The van der Waals surface area contributed by atoms with Crippen LogP contribution < -0.4 is 5.32 Å². The number of carbonyl (C=O) groups is 1. The standard InChI is InChI=1S/C29H18BrN5O/c30-23-14-32-28-27(33-15-34-28)25(23)29(36)35-26-20-7-3-2-6-19(20)22-12-16(9-10-21(22)26)18-11-17-5-1-4-8-24(17)31-13-18/h1-15,26H,(H,35,36)(H,32,33,34). The maximum atomic E-state index is 13.5. The minimum Gasteiger partial charge on any atom is -0.343 e. The average Bonchev–Trinajstić information content (AvgIpc) is 3.51. The summed E-state index contributed by atoms with van der Waals surface area (Å²) < 4.78 is 0.613. The first-order valence-corrected chi connectivity index (χ1v) is 12.3. The summed E-state index contributed by atoms with van der Waals surface area (Å²) in [4.78, 5) is 29.7. The summed E-state index contributed by atoms with van der Waals surface area (Å²) in [7, 11) is 0. The molecular formula is C29H18BrN5O. The van der Waals surface area contributed by atoms with E-state index in [0.29, 0.717) is 21.2 Å². The molecule has 0 saturated heterocycles. The van der Waals surface area contributed by atoms with Crippen LogP contribution in [-0.2, 0) is 0 Å². The van der Waals surface area contributed by atoms with Crippen LogP contribution in [0.15, 0.2) is 96.0 Å². The molecule has 1 unspecified atom stereocenters. The molecule has 0 fully saturated rings. The number of nitrogens with one attached hydrogen (secondary N) is 2. The zero-order valence-corrected chi connectivity index (χ0v) is 20.5. The van der Waals surface area contributed by atoms with Gasteiger partial charge in [0.2, 0.25) is 0 Å². The molecule has 1 atom stereocenters. The van der Waals surface area contributed by atoms with E-state index >= 15 is 0 Å². The molecule has 0 radical (unpaired) electrons. The SMILES string of the molecule is O=C(NC1c2ccccc2-c2cc(-c3cnc4ccccc4c3)ccc21)c1c(Br)cnc2nc[nH]c12. The summed E-state index contributed by atoms with van der Waals surface area (Å²) in [5, 5.41) is 4.36. The van der Waals surface area contributed by atoms with E-state index in [1.807, 2.05) is 36.5 Å². The minimum atomic E-state index is -0.273. The molecule has 3 aromatic carbocycles. The number of fused-ring (bicyclic) bond motifs is 5. The van der Waals surface area contributed by atoms with Gasteiger partial charge in [0.05, 0.1) is 33.4 Å². The number of hydrogen-bond acceptors (Lipinski definition) is 4. The van der Waals surface area contributed by atoms with Crippen LogP contribution in [0.25, 0.3) is 44.3 Å². The first-order chi connectivity index (χ1) is 17.7. The number of hydrogen-bond donors (Lipinski definition) is 2. The molecule has 3 aromatic heterocycles. The van der Waals surface area contributed by atoms with Crippen LogP contribution in [0.1, 0.15) is 27.5 Å². The molecule has 0 aliphatic heterocycles. The van der Waals surface area contributed by atoms with Gasteiger partial charge in [-0.2, -0.15) is 0 Å². The number of carbonyl (C=O) groups excluding carboxylic acids is 1. The van der Waals surface area contributed by atoms with E-state index in [1.54, 1.807) is 12.5 Å². The van der Waals surface area contributed by atoms with Gasteiger partial charge in [0.1, 0.15) is 0 Å². The fourth-order valence-electron chi connectivity index (χ4n) is 5.06. The Hall–Kier alpha value is -4.36. The van der Waals surface area contributed by atoms with E-state index in [1.165, 1.54) is 0 Å². The Morgan fingerprint density at radius 3 is 2.61 bits per heavy atom. The fourth-order valence-corrected chi connectivity index (χ4v) is 5.54. The number of aromatic amines is 1. The molecule has 3 heterocycles. The van der Waals surface area contributed by atoms with Crippen LogP contribution in [0.2, 0.25) is 0 Å². The lowest BCUT2D eigenvalue weighted by atomic mass is 9.98. The van der Waals surface area contributed by atoms with Gasteiger partial charge in [-0.1, -0.05) is 54.6 Å². The number of pyridine rings is 2. The Bertz CT molecular complexity index is 1830. The van der Waals surface area contributed by atoms with Crippen molar-refractivity contribution in [3.05, 3.63) is 113 Å². The molecule has 0 bridgehead atoms. The molecule has 2 N–H and O–H groups in total. The third-order valence-corrected chi connectivity index (χ3v) is 7.36. The summed E-state index contributed by atoms with van der Waals surface area (Å²) in [6.45, 7) is 0. The highest BCUT2D eigenvalue weighted by Gasteiger charge is 2.31. The maximum absolute atomic E-state index is 13.5. The second-order valence-electron chi connectivity index (χ2n) is 8.79. The van der Waals surface area contributed by atoms with Crippen molar-refractivity contribution in [2.45, 2.75) is 6.04 Å². The second kappa shape index (κ2) is 8.10. The van der Waals surface area contributed by atoms with Gasteiger partial charge in [-0.25, -0.2) is 9.97 Å². The van der Waals surface area contributed by atoms with Crippen LogP contribution in [0, 0.1) is 0 Å². The molecule has 1 aliphatic carbocycles. The Labute approximate surface area is 214 Å². The van der Waals surface area contributed by atoms with Crippen LogP contribution in [0.4, 0.5) is 0 Å². The van der Waals surface area contributed by atoms with Gasteiger partial charge in [0.15, 0.2) is 5.65 Å². The molecular weight excluding hydrogens is 514 g/mol. The lowest BCUT2D eigenvalue weighted by molar-refractivity contribution is 0.0944. The van der Waals surface area contributed by atoms with Crippen molar-refractivity contribution in [1.29, 1.82) is 0 Å². The molecule has 0 spiro atoms. The number of nitrogens with zero attached hydrogens (tertiary/aromatic N) is 3. The highest BCUT2D eigenvalue weighted by Crippen LogP contribution is 2.45. The normalized spacial score (nSPS) is 14.1. The maximum Gasteiger partial charge on any atom is 0.255 e. The lowest BCUT2D eigenvalue weighted by Gasteiger charge is -2.17. The molecule has 7 rings (SSSR count). The zero-order chi connectivity index (χ0) is 24.2. The van der Waals surface area contributed by atoms with Gasteiger partial charge in [0, 0.05) is 23.3 Å². The Balaban J connectivity index is 1.31. The van der Waals surface area contributed by atoms with Crippen molar-refractivity contribution in [3.63, 3.8) is 0 Å².